The number of alkyl halides is 6. The molecule has 3 nitrogen and oxygen atoms in total. The number of aromatic nitrogens is 1. The smallest absolute Gasteiger partial charge is 0.387 e. The summed E-state index contributed by atoms with van der Waals surface area (Å²) in [7, 11) is 3.16. The number of hydrogen-bond acceptors (Lipinski definition) is 3. The lowest BCUT2D eigenvalue weighted by molar-refractivity contribution is -0.142. The predicted molar refractivity (Wildman–Crippen MR) is 75.3 cm³/mol. The third-order valence-electron chi connectivity index (χ3n) is 3.36. The normalized spacial score (nSPS) is 14.4. The number of halogens is 6. The Bertz CT molecular complexity index is 739. The summed E-state index contributed by atoms with van der Waals surface area (Å²) in [5.74, 6) is 0. The van der Waals surface area contributed by atoms with E-state index in [1.807, 2.05) is 0 Å². The summed E-state index contributed by atoms with van der Waals surface area (Å²) in [6.45, 7) is -0.0490. The molecule has 0 saturated carbocycles. The van der Waals surface area contributed by atoms with Gasteiger partial charge >= 0.3 is 12.4 Å². The number of nitrogens with zero attached hydrogens (tertiary/aromatic N) is 2. The minimum absolute atomic E-state index is 0.0490. The second kappa shape index (κ2) is 6.21. The summed E-state index contributed by atoms with van der Waals surface area (Å²) >= 11 is 0. The van der Waals surface area contributed by atoms with Gasteiger partial charge in [0.25, 0.3) is 0 Å². The second-order valence-electron chi connectivity index (χ2n) is 5.57. The van der Waals surface area contributed by atoms with Gasteiger partial charge in [-0.2, -0.15) is 26.3 Å². The lowest BCUT2D eigenvalue weighted by atomic mass is 9.99. The van der Waals surface area contributed by atoms with Crippen molar-refractivity contribution in [3.63, 3.8) is 0 Å². The maximum atomic E-state index is 13.1. The first-order chi connectivity index (χ1) is 10.9. The zero-order valence-corrected chi connectivity index (χ0v) is 12.7. The maximum absolute atomic E-state index is 13.1. The molecule has 0 radical (unpaired) electrons. The lowest BCUT2D eigenvalue weighted by Crippen LogP contribution is -2.21. The molecule has 0 aliphatic heterocycles. The topological polar surface area (TPSA) is 36.4 Å². The summed E-state index contributed by atoms with van der Waals surface area (Å²) in [5, 5.41) is 9.99. The van der Waals surface area contributed by atoms with Crippen LogP contribution in [-0.2, 0) is 12.4 Å². The van der Waals surface area contributed by atoms with Crippen LogP contribution < -0.4 is 0 Å². The van der Waals surface area contributed by atoms with E-state index in [0.717, 1.165) is 6.07 Å². The number of hydrogen-bond donors (Lipinski definition) is 1. The van der Waals surface area contributed by atoms with E-state index in [1.54, 1.807) is 14.1 Å². The number of likely N-dealkylation sites (N-methyl/N-ethyl adjacent to an activating group) is 1. The highest BCUT2D eigenvalue weighted by Crippen LogP contribution is 2.38. The predicted octanol–water partition coefficient (Wildman–Crippen LogP) is 3.87. The first-order valence-corrected chi connectivity index (χ1v) is 6.82. The van der Waals surface area contributed by atoms with Gasteiger partial charge in [-0.25, -0.2) is 4.98 Å². The van der Waals surface area contributed by atoms with Crippen LogP contribution in [0.2, 0.25) is 0 Å². The van der Waals surface area contributed by atoms with Gasteiger partial charge in [-0.1, -0.05) is 12.1 Å². The monoisotopic (exact) mass is 352 g/mol. The molecule has 0 aliphatic rings. The van der Waals surface area contributed by atoms with Crippen molar-refractivity contribution in [2.75, 3.05) is 20.6 Å². The van der Waals surface area contributed by atoms with Crippen molar-refractivity contribution < 1.29 is 31.4 Å². The molecule has 0 fully saturated rings. The van der Waals surface area contributed by atoms with Gasteiger partial charge in [0.2, 0.25) is 0 Å². The van der Waals surface area contributed by atoms with Crippen molar-refractivity contribution in [1.29, 1.82) is 0 Å². The van der Waals surface area contributed by atoms with E-state index in [4.69, 9.17) is 0 Å². The molecule has 0 aliphatic carbocycles. The number of pyridine rings is 1. The fraction of sp³-hybridized carbons (Fsp3) is 0.400. The first kappa shape index (κ1) is 18.5. The Hall–Kier alpha value is -1.87. The van der Waals surface area contributed by atoms with E-state index in [2.05, 4.69) is 4.98 Å². The molecular formula is C15H14F6N2O. The first-order valence-electron chi connectivity index (χ1n) is 6.82. The molecule has 0 saturated heterocycles. The van der Waals surface area contributed by atoms with Gasteiger partial charge in [-0.15, -0.1) is 0 Å². The molecule has 1 aromatic carbocycles. The average molecular weight is 352 g/mol. The van der Waals surface area contributed by atoms with Crippen molar-refractivity contribution in [2.45, 2.75) is 18.5 Å². The summed E-state index contributed by atoms with van der Waals surface area (Å²) in [6, 6.07) is 3.55. The average Bonchev–Trinajstić information content (AvgIpc) is 2.42. The van der Waals surface area contributed by atoms with Crippen LogP contribution in [0, 0.1) is 0 Å². The van der Waals surface area contributed by atoms with E-state index in [9.17, 15) is 31.4 Å². The van der Waals surface area contributed by atoms with Gasteiger partial charge in [0.15, 0.2) is 0 Å². The number of fused-ring (bicyclic) bond motifs is 1. The molecule has 132 valence electrons. The molecule has 1 aromatic heterocycles. The van der Waals surface area contributed by atoms with Gasteiger partial charge in [-0.3, -0.25) is 0 Å². The summed E-state index contributed by atoms with van der Waals surface area (Å²) < 4.78 is 78.3. The van der Waals surface area contributed by atoms with Crippen molar-refractivity contribution in [3.8, 4) is 0 Å². The number of para-hydroxylation sites is 1. The highest BCUT2D eigenvalue weighted by molar-refractivity contribution is 5.86. The largest absolute Gasteiger partial charge is 0.433 e. The summed E-state index contributed by atoms with van der Waals surface area (Å²) in [4.78, 5) is 4.68. The minimum Gasteiger partial charge on any atom is -0.387 e. The van der Waals surface area contributed by atoms with E-state index in [1.165, 1.54) is 11.0 Å². The fourth-order valence-corrected chi connectivity index (χ4v) is 2.37. The zero-order valence-electron chi connectivity index (χ0n) is 12.7. The molecule has 2 aromatic rings. The Balaban J connectivity index is 2.81. The molecular weight excluding hydrogens is 338 g/mol. The Morgan fingerprint density at radius 3 is 2.21 bits per heavy atom. The van der Waals surface area contributed by atoms with E-state index in [0.29, 0.717) is 12.1 Å². The van der Waals surface area contributed by atoms with E-state index >= 15 is 0 Å². The minimum atomic E-state index is -4.93. The van der Waals surface area contributed by atoms with Crippen LogP contribution in [-0.4, -0.2) is 35.6 Å². The quantitative estimate of drug-likeness (QED) is 0.852. The van der Waals surface area contributed by atoms with Crippen molar-refractivity contribution in [3.05, 3.63) is 41.1 Å². The molecule has 0 amide bonds. The Kier molecular flexibility index (Phi) is 4.78. The van der Waals surface area contributed by atoms with Crippen LogP contribution >= 0.6 is 0 Å². The number of rotatable bonds is 3. The molecule has 2 rings (SSSR count). The van der Waals surface area contributed by atoms with E-state index < -0.39 is 35.2 Å². The van der Waals surface area contributed by atoms with Crippen LogP contribution in [0.25, 0.3) is 10.9 Å². The van der Waals surface area contributed by atoms with Gasteiger partial charge in [0.05, 0.1) is 17.2 Å². The number of benzene rings is 1. The molecule has 0 spiro atoms. The molecule has 1 unspecified atom stereocenters. The van der Waals surface area contributed by atoms with E-state index in [-0.39, 0.29) is 17.5 Å². The third kappa shape index (κ3) is 3.78. The molecule has 0 bridgehead atoms. The fourth-order valence-electron chi connectivity index (χ4n) is 2.37. The summed E-state index contributed by atoms with van der Waals surface area (Å²) in [5.41, 5.74) is -3.82. The highest BCUT2D eigenvalue weighted by Gasteiger charge is 2.37. The van der Waals surface area contributed by atoms with Crippen LogP contribution in [0.3, 0.4) is 0 Å². The molecule has 1 N–H and O–H groups in total. The lowest BCUT2D eigenvalue weighted by Gasteiger charge is -2.20. The zero-order chi connectivity index (χ0) is 18.3. The SMILES string of the molecule is CN(C)CC(O)c1cc(C(F)(F)F)nc2c(C(F)(F)F)cccc12. The van der Waals surface area contributed by atoms with Gasteiger partial charge in [0, 0.05) is 11.9 Å². The van der Waals surface area contributed by atoms with Crippen LogP contribution in [0.1, 0.15) is 22.9 Å². The van der Waals surface area contributed by atoms with Crippen molar-refractivity contribution >= 4 is 10.9 Å². The van der Waals surface area contributed by atoms with Crippen molar-refractivity contribution in [1.82, 2.24) is 9.88 Å². The molecule has 1 atom stereocenters. The number of aliphatic hydroxyl groups excluding tert-OH is 1. The van der Waals surface area contributed by atoms with Gasteiger partial charge in [0.1, 0.15) is 5.69 Å². The molecule has 9 heteroatoms. The Morgan fingerprint density at radius 1 is 1.08 bits per heavy atom. The summed E-state index contributed by atoms with van der Waals surface area (Å²) in [6.07, 6.45) is -11.2. The Morgan fingerprint density at radius 2 is 1.71 bits per heavy atom. The standard InChI is InChI=1S/C15H14F6N2O/c1-23(2)7-11(24)9-6-12(15(19,20)21)22-13-8(9)4-3-5-10(13)14(16,17)18/h3-6,11,24H,7H2,1-2H3. The van der Waals surface area contributed by atoms with Crippen LogP contribution in [0.15, 0.2) is 24.3 Å². The van der Waals surface area contributed by atoms with Crippen LogP contribution in [0.4, 0.5) is 26.3 Å². The van der Waals surface area contributed by atoms with Gasteiger partial charge in [-0.05, 0) is 31.8 Å². The molecule has 24 heavy (non-hydrogen) atoms. The maximum Gasteiger partial charge on any atom is 0.433 e. The number of aliphatic hydroxyl groups is 1. The Labute approximate surface area is 133 Å². The van der Waals surface area contributed by atoms with Gasteiger partial charge < -0.3 is 10.0 Å². The van der Waals surface area contributed by atoms with Crippen LogP contribution in [0.5, 0.6) is 0 Å². The van der Waals surface area contributed by atoms with Crippen molar-refractivity contribution in [2.24, 2.45) is 0 Å². The highest BCUT2D eigenvalue weighted by atomic mass is 19.4. The third-order valence-corrected chi connectivity index (χ3v) is 3.36. The molecule has 1 heterocycles. The second-order valence-corrected chi connectivity index (χ2v) is 5.57.